The van der Waals surface area contributed by atoms with E-state index >= 15 is 0 Å². The third-order valence-electron chi connectivity index (χ3n) is 5.08. The largest absolute Gasteiger partial charge is 0.339 e. The molecule has 1 saturated carbocycles. The SMILES string of the molecule is CCN(C(=O)CSc1nc(C)c(C)c(C)c1C#N)C1CCCCC1. The van der Waals surface area contributed by atoms with E-state index in [4.69, 9.17) is 0 Å². The zero-order valence-corrected chi connectivity index (χ0v) is 16.0. The molecule has 1 heterocycles. The lowest BCUT2D eigenvalue weighted by Gasteiger charge is -2.33. The van der Waals surface area contributed by atoms with Crippen LogP contribution in [0.2, 0.25) is 0 Å². The highest BCUT2D eigenvalue weighted by Crippen LogP contribution is 2.28. The van der Waals surface area contributed by atoms with Gasteiger partial charge in [0, 0.05) is 18.3 Å². The number of hydrogen-bond acceptors (Lipinski definition) is 4. The minimum Gasteiger partial charge on any atom is -0.339 e. The predicted molar refractivity (Wildman–Crippen MR) is 98.1 cm³/mol. The molecule has 24 heavy (non-hydrogen) atoms. The molecule has 4 nitrogen and oxygen atoms in total. The van der Waals surface area contributed by atoms with Gasteiger partial charge in [0.1, 0.15) is 11.1 Å². The van der Waals surface area contributed by atoms with Gasteiger partial charge in [-0.25, -0.2) is 4.98 Å². The smallest absolute Gasteiger partial charge is 0.233 e. The van der Waals surface area contributed by atoms with Crippen LogP contribution in [0.4, 0.5) is 0 Å². The molecule has 0 aliphatic heterocycles. The van der Waals surface area contributed by atoms with Crippen LogP contribution in [-0.2, 0) is 4.79 Å². The van der Waals surface area contributed by atoms with Gasteiger partial charge >= 0.3 is 0 Å². The zero-order chi connectivity index (χ0) is 17.7. The highest BCUT2D eigenvalue weighted by molar-refractivity contribution is 8.00. The van der Waals surface area contributed by atoms with Crippen molar-refractivity contribution in [1.29, 1.82) is 5.26 Å². The van der Waals surface area contributed by atoms with Crippen LogP contribution in [0.15, 0.2) is 5.03 Å². The molecule has 0 saturated heterocycles. The molecule has 1 aliphatic carbocycles. The molecule has 1 amide bonds. The summed E-state index contributed by atoms with van der Waals surface area (Å²) in [6.07, 6.45) is 5.97. The summed E-state index contributed by atoms with van der Waals surface area (Å²) >= 11 is 1.40. The number of rotatable bonds is 5. The number of aryl methyl sites for hydroxylation is 1. The van der Waals surface area contributed by atoms with Gasteiger partial charge in [0.15, 0.2) is 0 Å². The predicted octanol–water partition coefficient (Wildman–Crippen LogP) is 4.15. The van der Waals surface area contributed by atoms with Crippen LogP contribution < -0.4 is 0 Å². The fourth-order valence-corrected chi connectivity index (χ4v) is 4.36. The molecule has 5 heteroatoms. The summed E-state index contributed by atoms with van der Waals surface area (Å²) in [6, 6.07) is 2.64. The normalized spacial score (nSPS) is 15.1. The number of carbonyl (C=O) groups excluding carboxylic acids is 1. The van der Waals surface area contributed by atoms with E-state index in [1.807, 2.05) is 25.7 Å². The molecule has 0 atom stereocenters. The van der Waals surface area contributed by atoms with Crippen LogP contribution in [0.25, 0.3) is 0 Å². The van der Waals surface area contributed by atoms with E-state index in [0.717, 1.165) is 36.2 Å². The van der Waals surface area contributed by atoms with Gasteiger partial charge < -0.3 is 4.90 Å². The standard InChI is InChI=1S/C19H27N3OS/c1-5-22(16-9-7-6-8-10-16)18(23)12-24-19-17(11-20)14(3)13(2)15(4)21-19/h16H,5-10,12H2,1-4H3. The number of thioether (sulfide) groups is 1. The maximum atomic E-state index is 12.7. The molecule has 0 aromatic carbocycles. The summed E-state index contributed by atoms with van der Waals surface area (Å²) in [5, 5.41) is 10.1. The Kier molecular flexibility index (Phi) is 6.68. The Labute approximate surface area is 149 Å². The number of carbonyl (C=O) groups is 1. The average molecular weight is 346 g/mol. The quantitative estimate of drug-likeness (QED) is 0.752. The van der Waals surface area contributed by atoms with Crippen LogP contribution in [0.5, 0.6) is 0 Å². The van der Waals surface area contributed by atoms with Crippen LogP contribution in [0, 0.1) is 32.1 Å². The summed E-state index contributed by atoms with van der Waals surface area (Å²) in [5.74, 6) is 0.518. The highest BCUT2D eigenvalue weighted by atomic mass is 32.2. The second-order valence-corrected chi connectivity index (χ2v) is 7.46. The van der Waals surface area contributed by atoms with Gasteiger partial charge in [-0.15, -0.1) is 0 Å². The van der Waals surface area contributed by atoms with Gasteiger partial charge in [0.2, 0.25) is 5.91 Å². The number of nitriles is 1. The van der Waals surface area contributed by atoms with E-state index in [9.17, 15) is 10.1 Å². The van der Waals surface area contributed by atoms with Crippen molar-refractivity contribution >= 4 is 17.7 Å². The minimum absolute atomic E-state index is 0.163. The Morgan fingerprint density at radius 3 is 2.50 bits per heavy atom. The lowest BCUT2D eigenvalue weighted by atomic mass is 9.94. The molecule has 0 N–H and O–H groups in total. The molecule has 0 spiro atoms. The Hall–Kier alpha value is -1.54. The number of pyridine rings is 1. The maximum Gasteiger partial charge on any atom is 0.233 e. The topological polar surface area (TPSA) is 57.0 Å². The molecule has 0 bridgehead atoms. The van der Waals surface area contributed by atoms with Gasteiger partial charge in [-0.05, 0) is 51.7 Å². The number of nitrogens with zero attached hydrogens (tertiary/aromatic N) is 3. The first-order chi connectivity index (χ1) is 11.5. The Bertz CT molecular complexity index is 645. The lowest BCUT2D eigenvalue weighted by molar-refractivity contribution is -0.131. The Morgan fingerprint density at radius 1 is 1.25 bits per heavy atom. The molecule has 0 unspecified atom stereocenters. The third-order valence-corrected chi connectivity index (χ3v) is 6.04. The summed E-state index contributed by atoms with van der Waals surface area (Å²) < 4.78 is 0. The fourth-order valence-electron chi connectivity index (χ4n) is 3.39. The summed E-state index contributed by atoms with van der Waals surface area (Å²) in [5.41, 5.74) is 3.57. The van der Waals surface area contributed by atoms with Crippen LogP contribution in [0.1, 0.15) is 61.4 Å². The molecule has 2 rings (SSSR count). The van der Waals surface area contributed by atoms with Gasteiger partial charge in [-0.1, -0.05) is 31.0 Å². The molecule has 1 aromatic heterocycles. The van der Waals surface area contributed by atoms with Crippen LogP contribution >= 0.6 is 11.8 Å². The molecule has 1 aliphatic rings. The minimum atomic E-state index is 0.163. The third kappa shape index (κ3) is 4.10. The second kappa shape index (κ2) is 8.53. The lowest BCUT2D eigenvalue weighted by Crippen LogP contribution is -2.42. The first kappa shape index (κ1) is 18.8. The van der Waals surface area contributed by atoms with Crippen molar-refractivity contribution < 1.29 is 4.79 Å². The zero-order valence-electron chi connectivity index (χ0n) is 15.2. The van der Waals surface area contributed by atoms with Crippen molar-refractivity contribution in [3.8, 4) is 6.07 Å². The molecular weight excluding hydrogens is 318 g/mol. The average Bonchev–Trinajstić information content (AvgIpc) is 2.59. The van der Waals surface area contributed by atoms with E-state index in [2.05, 4.69) is 18.0 Å². The van der Waals surface area contributed by atoms with Gasteiger partial charge in [0.05, 0.1) is 11.3 Å². The van der Waals surface area contributed by atoms with E-state index in [1.165, 1.54) is 31.0 Å². The molecule has 130 valence electrons. The van der Waals surface area contributed by atoms with Crippen LogP contribution in [0.3, 0.4) is 0 Å². The van der Waals surface area contributed by atoms with Gasteiger partial charge in [0.25, 0.3) is 0 Å². The summed E-state index contributed by atoms with van der Waals surface area (Å²) in [7, 11) is 0. The highest BCUT2D eigenvalue weighted by Gasteiger charge is 2.24. The van der Waals surface area contributed by atoms with Crippen molar-refractivity contribution in [2.45, 2.75) is 70.9 Å². The molecular formula is C19H27N3OS. The van der Waals surface area contributed by atoms with Gasteiger partial charge in [-0.2, -0.15) is 5.26 Å². The van der Waals surface area contributed by atoms with E-state index in [1.54, 1.807) is 0 Å². The van der Waals surface area contributed by atoms with Crippen molar-refractivity contribution in [3.05, 3.63) is 22.4 Å². The number of amides is 1. The molecule has 1 fully saturated rings. The summed E-state index contributed by atoms with van der Waals surface area (Å²) in [4.78, 5) is 19.2. The molecule has 0 radical (unpaired) electrons. The van der Waals surface area contributed by atoms with Crippen molar-refractivity contribution in [2.75, 3.05) is 12.3 Å². The number of aromatic nitrogens is 1. The van der Waals surface area contributed by atoms with E-state index in [-0.39, 0.29) is 5.91 Å². The van der Waals surface area contributed by atoms with E-state index < -0.39 is 0 Å². The van der Waals surface area contributed by atoms with Crippen LogP contribution in [-0.4, -0.2) is 34.1 Å². The fraction of sp³-hybridized carbons (Fsp3) is 0.632. The molecule has 1 aromatic rings. The van der Waals surface area contributed by atoms with Gasteiger partial charge in [-0.3, -0.25) is 4.79 Å². The van der Waals surface area contributed by atoms with Crippen molar-refractivity contribution in [3.63, 3.8) is 0 Å². The first-order valence-electron chi connectivity index (χ1n) is 8.79. The Balaban J connectivity index is 2.09. The van der Waals surface area contributed by atoms with Crippen molar-refractivity contribution in [2.24, 2.45) is 0 Å². The van der Waals surface area contributed by atoms with E-state index in [0.29, 0.717) is 22.4 Å². The Morgan fingerprint density at radius 2 is 1.92 bits per heavy atom. The monoisotopic (exact) mass is 345 g/mol. The van der Waals surface area contributed by atoms with Crippen molar-refractivity contribution in [1.82, 2.24) is 9.88 Å². The second-order valence-electron chi connectivity index (χ2n) is 6.50. The maximum absolute atomic E-state index is 12.7. The first-order valence-corrected chi connectivity index (χ1v) is 9.78. The summed E-state index contributed by atoms with van der Waals surface area (Å²) in [6.45, 7) is 8.70. The number of hydrogen-bond donors (Lipinski definition) is 0.